The van der Waals surface area contributed by atoms with Gasteiger partial charge in [-0.05, 0) is 24.3 Å². The molecule has 0 aliphatic carbocycles. The molecule has 2 aromatic carbocycles. The van der Waals surface area contributed by atoms with Crippen molar-refractivity contribution in [2.45, 2.75) is 6.10 Å². The number of amides is 2. The van der Waals surface area contributed by atoms with Crippen LogP contribution in [0.25, 0.3) is 10.9 Å². The Morgan fingerprint density at radius 2 is 1.86 bits per heavy atom. The molecule has 28 heavy (non-hydrogen) atoms. The predicted octanol–water partition coefficient (Wildman–Crippen LogP) is 2.81. The summed E-state index contributed by atoms with van der Waals surface area (Å²) in [6, 6.07) is 18.5. The Hall–Kier alpha value is -3.25. The highest BCUT2D eigenvalue weighted by atomic mass is 16.5. The second-order valence-electron chi connectivity index (χ2n) is 6.67. The van der Waals surface area contributed by atoms with E-state index in [2.05, 4.69) is 5.32 Å². The van der Waals surface area contributed by atoms with Crippen LogP contribution in [0.5, 0.6) is 0 Å². The van der Waals surface area contributed by atoms with Gasteiger partial charge in [-0.15, -0.1) is 0 Å². The quantitative estimate of drug-likeness (QED) is 0.764. The average Bonchev–Trinajstić information content (AvgIpc) is 2.78. The van der Waals surface area contributed by atoms with Crippen LogP contribution in [0.4, 0.5) is 0 Å². The third-order valence-electron chi connectivity index (χ3n) is 4.91. The minimum Gasteiger partial charge on any atom is -0.368 e. The fourth-order valence-electron chi connectivity index (χ4n) is 3.46. The molecule has 0 radical (unpaired) electrons. The Labute approximate surface area is 163 Å². The van der Waals surface area contributed by atoms with Crippen molar-refractivity contribution in [1.29, 1.82) is 0 Å². The van der Waals surface area contributed by atoms with Gasteiger partial charge >= 0.3 is 0 Å². The molecule has 3 aromatic rings. The van der Waals surface area contributed by atoms with E-state index >= 15 is 0 Å². The number of hydrogen-bond acceptors (Lipinski definition) is 4. The van der Waals surface area contributed by atoms with Crippen LogP contribution in [0.15, 0.2) is 60.7 Å². The zero-order chi connectivity index (χ0) is 19.5. The molecule has 1 fully saturated rings. The Kier molecular flexibility index (Phi) is 5.04. The summed E-state index contributed by atoms with van der Waals surface area (Å²) >= 11 is 0. The number of nitrogens with one attached hydrogen (secondary N) is 1. The van der Waals surface area contributed by atoms with Crippen LogP contribution in [-0.2, 0) is 4.74 Å². The molecular formula is C22H21N3O3. The highest BCUT2D eigenvalue weighted by molar-refractivity contribution is 6.06. The highest BCUT2D eigenvalue weighted by Gasteiger charge is 2.28. The number of aromatic nitrogens is 1. The maximum atomic E-state index is 12.8. The molecule has 1 saturated heterocycles. The van der Waals surface area contributed by atoms with Crippen LogP contribution in [0.1, 0.15) is 32.5 Å². The summed E-state index contributed by atoms with van der Waals surface area (Å²) in [5.74, 6) is -0.200. The molecule has 6 heteroatoms. The Bertz CT molecular complexity index is 1020. The van der Waals surface area contributed by atoms with Crippen molar-refractivity contribution in [1.82, 2.24) is 15.2 Å². The van der Waals surface area contributed by atoms with Gasteiger partial charge in [0.05, 0.1) is 29.9 Å². The third kappa shape index (κ3) is 3.46. The summed E-state index contributed by atoms with van der Waals surface area (Å²) in [5, 5.41) is 3.47. The number of carbonyl (C=O) groups excluding carboxylic acids is 2. The average molecular weight is 375 g/mol. The van der Waals surface area contributed by atoms with E-state index in [4.69, 9.17) is 9.72 Å². The summed E-state index contributed by atoms with van der Waals surface area (Å²) in [6.45, 7) is 1.35. The van der Waals surface area contributed by atoms with Crippen LogP contribution in [0, 0.1) is 0 Å². The van der Waals surface area contributed by atoms with E-state index in [1.54, 1.807) is 18.0 Å². The monoisotopic (exact) mass is 375 g/mol. The lowest BCUT2D eigenvalue weighted by atomic mass is 10.0. The van der Waals surface area contributed by atoms with E-state index in [9.17, 15) is 9.59 Å². The van der Waals surface area contributed by atoms with E-state index in [0.29, 0.717) is 36.5 Å². The van der Waals surface area contributed by atoms with Crippen molar-refractivity contribution < 1.29 is 14.3 Å². The number of rotatable bonds is 3. The van der Waals surface area contributed by atoms with E-state index in [-0.39, 0.29) is 17.9 Å². The van der Waals surface area contributed by atoms with Gasteiger partial charge in [0, 0.05) is 24.5 Å². The van der Waals surface area contributed by atoms with Crippen LogP contribution in [0.2, 0.25) is 0 Å². The minimum atomic E-state index is -0.380. The number of hydrogen-bond donors (Lipinski definition) is 1. The van der Waals surface area contributed by atoms with Crippen molar-refractivity contribution in [3.05, 3.63) is 77.5 Å². The first-order valence-corrected chi connectivity index (χ1v) is 9.25. The zero-order valence-corrected chi connectivity index (χ0v) is 15.6. The molecule has 2 heterocycles. The lowest BCUT2D eigenvalue weighted by molar-refractivity contribution is -0.0246. The van der Waals surface area contributed by atoms with E-state index in [0.717, 1.165) is 10.9 Å². The van der Waals surface area contributed by atoms with Gasteiger partial charge in [-0.25, -0.2) is 4.98 Å². The standard InChI is InChI=1S/C22H21N3O3/c1-23-21(26)17-13-19(24-18-10-6-5-9-16(17)18)20-14-25(11-12-28-20)22(27)15-7-3-2-4-8-15/h2-10,13,20H,11-12,14H2,1H3,(H,23,26)/t20-/m0/s1. The normalized spacial score (nSPS) is 16.8. The molecule has 6 nitrogen and oxygen atoms in total. The van der Waals surface area contributed by atoms with E-state index in [1.807, 2.05) is 54.6 Å². The van der Waals surface area contributed by atoms with E-state index in [1.165, 1.54) is 0 Å². The van der Waals surface area contributed by atoms with Crippen LogP contribution < -0.4 is 5.32 Å². The predicted molar refractivity (Wildman–Crippen MR) is 106 cm³/mol. The van der Waals surface area contributed by atoms with Gasteiger partial charge in [0.15, 0.2) is 0 Å². The molecule has 1 aromatic heterocycles. The summed E-state index contributed by atoms with van der Waals surface area (Å²) in [7, 11) is 1.61. The summed E-state index contributed by atoms with van der Waals surface area (Å²) in [6.07, 6.45) is -0.380. The fourth-order valence-corrected chi connectivity index (χ4v) is 3.46. The first-order chi connectivity index (χ1) is 13.7. The molecule has 1 atom stereocenters. The first-order valence-electron chi connectivity index (χ1n) is 9.25. The topological polar surface area (TPSA) is 71.5 Å². The molecule has 1 N–H and O–H groups in total. The van der Waals surface area contributed by atoms with E-state index < -0.39 is 0 Å². The zero-order valence-electron chi connectivity index (χ0n) is 15.6. The van der Waals surface area contributed by atoms with Crippen LogP contribution in [-0.4, -0.2) is 48.4 Å². The van der Waals surface area contributed by atoms with Crippen molar-refractivity contribution in [3.8, 4) is 0 Å². The Balaban J connectivity index is 1.66. The number of benzene rings is 2. The highest BCUT2D eigenvalue weighted by Crippen LogP contribution is 2.26. The van der Waals surface area contributed by atoms with Gasteiger partial charge in [0.2, 0.25) is 0 Å². The molecule has 1 aliphatic heterocycles. The number of carbonyl (C=O) groups is 2. The lowest BCUT2D eigenvalue weighted by Gasteiger charge is -2.33. The first kappa shape index (κ1) is 18.1. The maximum Gasteiger partial charge on any atom is 0.254 e. The summed E-state index contributed by atoms with van der Waals surface area (Å²) < 4.78 is 5.91. The number of fused-ring (bicyclic) bond motifs is 1. The number of nitrogens with zero attached hydrogens (tertiary/aromatic N) is 2. The largest absolute Gasteiger partial charge is 0.368 e. The van der Waals surface area contributed by atoms with Crippen molar-refractivity contribution in [3.63, 3.8) is 0 Å². The Morgan fingerprint density at radius 1 is 1.11 bits per heavy atom. The SMILES string of the molecule is CNC(=O)c1cc([C@@H]2CN(C(=O)c3ccccc3)CCO2)nc2ccccc12. The third-order valence-corrected chi connectivity index (χ3v) is 4.91. The summed E-state index contributed by atoms with van der Waals surface area (Å²) in [5.41, 5.74) is 2.59. The molecule has 0 unspecified atom stereocenters. The van der Waals surface area contributed by atoms with Gasteiger partial charge < -0.3 is 15.0 Å². The van der Waals surface area contributed by atoms with Crippen LogP contribution >= 0.6 is 0 Å². The van der Waals surface area contributed by atoms with Gasteiger partial charge in [-0.1, -0.05) is 36.4 Å². The Morgan fingerprint density at radius 3 is 2.64 bits per heavy atom. The molecule has 0 saturated carbocycles. The van der Waals surface area contributed by atoms with Gasteiger partial charge in [0.1, 0.15) is 6.10 Å². The molecule has 4 rings (SSSR count). The van der Waals surface area contributed by atoms with Crippen molar-refractivity contribution in [2.75, 3.05) is 26.7 Å². The fraction of sp³-hybridized carbons (Fsp3) is 0.227. The van der Waals surface area contributed by atoms with Gasteiger partial charge in [0.25, 0.3) is 11.8 Å². The lowest BCUT2D eigenvalue weighted by Crippen LogP contribution is -2.42. The molecule has 1 aliphatic rings. The van der Waals surface area contributed by atoms with Gasteiger partial charge in [-0.2, -0.15) is 0 Å². The number of pyridine rings is 1. The molecule has 142 valence electrons. The summed E-state index contributed by atoms with van der Waals surface area (Å²) in [4.78, 5) is 31.6. The van der Waals surface area contributed by atoms with Gasteiger partial charge in [-0.3, -0.25) is 9.59 Å². The molecular weight excluding hydrogens is 354 g/mol. The molecule has 0 bridgehead atoms. The number of ether oxygens (including phenoxy) is 1. The van der Waals surface area contributed by atoms with Crippen LogP contribution in [0.3, 0.4) is 0 Å². The smallest absolute Gasteiger partial charge is 0.254 e. The minimum absolute atomic E-state index is 0.0267. The maximum absolute atomic E-state index is 12.8. The second-order valence-corrected chi connectivity index (χ2v) is 6.67. The van der Waals surface area contributed by atoms with Crippen molar-refractivity contribution >= 4 is 22.7 Å². The van der Waals surface area contributed by atoms with Crippen molar-refractivity contribution in [2.24, 2.45) is 0 Å². The second kappa shape index (κ2) is 7.78. The number of morpholine rings is 1. The number of para-hydroxylation sites is 1. The molecule has 0 spiro atoms. The molecule has 2 amide bonds.